The van der Waals surface area contributed by atoms with Gasteiger partial charge in [-0.25, -0.2) is 4.57 Å². The highest BCUT2D eigenvalue weighted by Gasteiger charge is 2.42. The first-order valence-corrected chi connectivity index (χ1v) is 8.72. The normalized spacial score (nSPS) is 18.8. The predicted octanol–water partition coefficient (Wildman–Crippen LogP) is 1.33. The largest absolute Gasteiger partial charge is 0.389 e. The van der Waals surface area contributed by atoms with Crippen LogP contribution in [0.1, 0.15) is 18.5 Å². The van der Waals surface area contributed by atoms with Gasteiger partial charge in [-0.3, -0.25) is 0 Å². The van der Waals surface area contributed by atoms with E-state index in [9.17, 15) is 9.59 Å². The summed E-state index contributed by atoms with van der Waals surface area (Å²) in [6.45, 7) is 0.0906. The third-order valence-electron chi connectivity index (χ3n) is 5.27. The number of hydrogen-bond donors (Lipinski definition) is 1. The molecule has 2 aliphatic heterocycles. The van der Waals surface area contributed by atoms with Crippen molar-refractivity contribution in [3.8, 4) is 17.3 Å². The zero-order valence-electron chi connectivity index (χ0n) is 14.2. The minimum Gasteiger partial charge on any atom is -0.389 e. The van der Waals surface area contributed by atoms with Gasteiger partial charge >= 0.3 is 0 Å². The van der Waals surface area contributed by atoms with Crippen LogP contribution < -0.4 is 4.90 Å². The molecule has 1 fully saturated rings. The minimum atomic E-state index is -0.689. The van der Waals surface area contributed by atoms with Crippen molar-refractivity contribution in [1.82, 2.24) is 34.9 Å². The maximum Gasteiger partial charge on any atom is 0.259 e. The Bertz CT molecular complexity index is 1100. The maximum absolute atomic E-state index is 14.1. The fraction of sp³-hybridized carbons (Fsp3) is 0.294. The van der Waals surface area contributed by atoms with E-state index in [1.165, 1.54) is 6.20 Å². The standard InChI is InChI=1S/C17H15FN8O/c18-23-9-14-24(10-23)13-4-2-1-3-12(13)15-20-21-16(25(14)15)26-11(8-19-22-26)7-17(27)5-6-17/h1-4,8-9,27H,5-7,10H2. The smallest absolute Gasteiger partial charge is 0.259 e. The molecule has 0 radical (unpaired) electrons. The highest BCUT2D eigenvalue weighted by Crippen LogP contribution is 2.43. The molecule has 136 valence electrons. The van der Waals surface area contributed by atoms with Crippen LogP contribution in [0.5, 0.6) is 0 Å². The van der Waals surface area contributed by atoms with Crippen LogP contribution in [0.4, 0.5) is 10.2 Å². The molecule has 2 aromatic heterocycles. The molecule has 9 nitrogen and oxygen atoms in total. The zero-order valence-corrected chi connectivity index (χ0v) is 14.2. The van der Waals surface area contributed by atoms with Gasteiger partial charge in [0.2, 0.25) is 0 Å². The molecule has 0 bridgehead atoms. The summed E-state index contributed by atoms with van der Waals surface area (Å²) >= 11 is 0. The Hall–Kier alpha value is -3.27. The molecule has 3 aliphatic rings. The van der Waals surface area contributed by atoms with Gasteiger partial charge < -0.3 is 10.0 Å². The van der Waals surface area contributed by atoms with Crippen LogP contribution in [0, 0.1) is 0 Å². The summed E-state index contributed by atoms with van der Waals surface area (Å²) in [5.74, 6) is 1.64. The quantitative estimate of drug-likeness (QED) is 0.700. The molecule has 10 heteroatoms. The maximum atomic E-state index is 14.1. The third kappa shape index (κ3) is 2.07. The van der Waals surface area contributed by atoms with Crippen LogP contribution in [-0.2, 0) is 6.42 Å². The number of halogens is 1. The molecule has 6 rings (SSSR count). The van der Waals surface area contributed by atoms with E-state index < -0.39 is 5.60 Å². The second-order valence-corrected chi connectivity index (χ2v) is 7.17. The highest BCUT2D eigenvalue weighted by molar-refractivity contribution is 5.89. The predicted molar refractivity (Wildman–Crippen MR) is 92.8 cm³/mol. The average Bonchev–Trinajstić information content (AvgIpc) is 3.05. The van der Waals surface area contributed by atoms with E-state index in [1.54, 1.807) is 15.4 Å². The van der Waals surface area contributed by atoms with Crippen LogP contribution in [0.25, 0.3) is 23.2 Å². The number of aromatic nitrogens is 6. The van der Waals surface area contributed by atoms with Crippen molar-refractivity contribution < 1.29 is 9.59 Å². The van der Waals surface area contributed by atoms with Gasteiger partial charge in [-0.1, -0.05) is 21.8 Å². The van der Waals surface area contributed by atoms with Gasteiger partial charge in [0.05, 0.1) is 29.4 Å². The van der Waals surface area contributed by atoms with Crippen molar-refractivity contribution in [3.05, 3.63) is 42.4 Å². The van der Waals surface area contributed by atoms with E-state index in [1.807, 2.05) is 29.2 Å². The Balaban J connectivity index is 1.55. The lowest BCUT2D eigenvalue weighted by molar-refractivity contribution is 0.104. The van der Waals surface area contributed by atoms with Crippen molar-refractivity contribution in [2.24, 2.45) is 0 Å². The molecular weight excluding hydrogens is 351 g/mol. The summed E-state index contributed by atoms with van der Waals surface area (Å²) in [6, 6.07) is 7.70. The van der Waals surface area contributed by atoms with Crippen molar-refractivity contribution in [3.63, 3.8) is 0 Å². The number of aliphatic hydroxyl groups is 1. The first kappa shape index (κ1) is 14.9. The fourth-order valence-electron chi connectivity index (χ4n) is 3.72. The van der Waals surface area contributed by atoms with Crippen molar-refractivity contribution >= 4 is 11.5 Å². The van der Waals surface area contributed by atoms with Gasteiger partial charge in [0.1, 0.15) is 12.5 Å². The van der Waals surface area contributed by atoms with Gasteiger partial charge in [-0.15, -0.1) is 15.3 Å². The zero-order chi connectivity index (χ0) is 18.2. The molecular formula is C17H15FN8O. The van der Waals surface area contributed by atoms with Crippen molar-refractivity contribution in [2.45, 2.75) is 24.9 Å². The van der Waals surface area contributed by atoms with Gasteiger partial charge in [0.25, 0.3) is 5.95 Å². The second kappa shape index (κ2) is 4.92. The Morgan fingerprint density at radius 2 is 2.04 bits per heavy atom. The number of hydrogen-bond acceptors (Lipinski definition) is 7. The van der Waals surface area contributed by atoms with E-state index in [0.717, 1.165) is 29.8 Å². The van der Waals surface area contributed by atoms with E-state index in [4.69, 9.17) is 0 Å². The number of rotatable bonds is 3. The SMILES string of the molecule is OC1(Cc2cnnn2-c2nnc3n2C2=CN(F)CN2c2ccccc2-3)CC1. The van der Waals surface area contributed by atoms with E-state index in [2.05, 4.69) is 20.5 Å². The monoisotopic (exact) mass is 366 g/mol. The minimum absolute atomic E-state index is 0.0906. The topological polar surface area (TPSA) is 88.1 Å². The summed E-state index contributed by atoms with van der Waals surface area (Å²) in [7, 11) is 0. The number of benzene rings is 1. The molecule has 27 heavy (non-hydrogen) atoms. The molecule has 0 atom stereocenters. The number of para-hydroxylation sites is 1. The third-order valence-corrected chi connectivity index (χ3v) is 5.27. The number of anilines is 1. The molecule has 0 saturated heterocycles. The lowest BCUT2D eigenvalue weighted by Gasteiger charge is -2.29. The summed E-state index contributed by atoms with van der Waals surface area (Å²) in [6.07, 6.45) is 5.00. The van der Waals surface area contributed by atoms with Crippen LogP contribution >= 0.6 is 0 Å². The van der Waals surface area contributed by atoms with Gasteiger partial charge in [0.15, 0.2) is 5.82 Å². The summed E-state index contributed by atoms with van der Waals surface area (Å²) < 4.78 is 17.4. The number of nitrogens with zero attached hydrogens (tertiary/aromatic N) is 8. The molecule has 1 aromatic carbocycles. The van der Waals surface area contributed by atoms with Crippen LogP contribution in [0.2, 0.25) is 0 Å². The van der Waals surface area contributed by atoms with Crippen molar-refractivity contribution in [2.75, 3.05) is 11.6 Å². The molecule has 3 aromatic rings. The van der Waals surface area contributed by atoms with E-state index >= 15 is 0 Å². The molecule has 0 unspecified atom stereocenters. The van der Waals surface area contributed by atoms with Crippen LogP contribution in [0.15, 0.2) is 36.7 Å². The molecule has 1 saturated carbocycles. The highest BCUT2D eigenvalue weighted by atomic mass is 19.2. The summed E-state index contributed by atoms with van der Waals surface area (Å²) in [5, 5.41) is 27.7. The molecule has 1 N–H and O–H groups in total. The lowest BCUT2D eigenvalue weighted by atomic mass is 10.1. The number of fused-ring (bicyclic) bond motifs is 6. The van der Waals surface area contributed by atoms with Crippen molar-refractivity contribution in [1.29, 1.82) is 0 Å². The van der Waals surface area contributed by atoms with Gasteiger partial charge in [0, 0.05) is 12.0 Å². The Morgan fingerprint density at radius 1 is 1.19 bits per heavy atom. The van der Waals surface area contributed by atoms with E-state index in [-0.39, 0.29) is 6.67 Å². The van der Waals surface area contributed by atoms with Crippen LogP contribution in [-0.4, -0.2) is 52.3 Å². The molecule has 4 heterocycles. The Kier molecular flexibility index (Phi) is 2.70. The van der Waals surface area contributed by atoms with E-state index in [0.29, 0.717) is 29.1 Å². The molecule has 0 amide bonds. The fourth-order valence-corrected chi connectivity index (χ4v) is 3.72. The molecule has 1 aliphatic carbocycles. The Morgan fingerprint density at radius 3 is 2.89 bits per heavy atom. The first-order valence-electron chi connectivity index (χ1n) is 8.72. The van der Waals surface area contributed by atoms with Gasteiger partial charge in [-0.05, 0) is 25.0 Å². The first-order chi connectivity index (χ1) is 13.1. The second-order valence-electron chi connectivity index (χ2n) is 7.17. The summed E-state index contributed by atoms with van der Waals surface area (Å²) in [5.41, 5.74) is 1.80. The Labute approximate surface area is 152 Å². The summed E-state index contributed by atoms with van der Waals surface area (Å²) in [4.78, 5) is 1.86. The lowest BCUT2D eigenvalue weighted by Crippen LogP contribution is -2.29. The molecule has 0 spiro atoms. The van der Waals surface area contributed by atoms with Gasteiger partial charge in [-0.2, -0.15) is 9.80 Å². The van der Waals surface area contributed by atoms with Crippen LogP contribution in [0.3, 0.4) is 0 Å². The average molecular weight is 366 g/mol.